The van der Waals surface area contributed by atoms with E-state index in [0.29, 0.717) is 6.61 Å². The number of methoxy groups -OCH3 is 1. The molecule has 1 fully saturated rings. The highest BCUT2D eigenvalue weighted by molar-refractivity contribution is 14.1. The van der Waals surface area contributed by atoms with E-state index in [1.165, 1.54) is 6.42 Å². The minimum absolute atomic E-state index is 0.0550. The van der Waals surface area contributed by atoms with Crippen LogP contribution in [0, 0.1) is 0 Å². The maximum absolute atomic E-state index is 8.48. The van der Waals surface area contributed by atoms with Crippen LogP contribution < -0.4 is 0 Å². The first-order valence-electron chi connectivity index (χ1n) is 4.75. The van der Waals surface area contributed by atoms with Gasteiger partial charge in [-0.25, -0.2) is 3.11 Å². The van der Waals surface area contributed by atoms with Gasteiger partial charge in [-0.15, -0.1) is 0 Å². The molecular formula is C8H15IN4O. The molecule has 14 heavy (non-hydrogen) atoms. The molecule has 5 nitrogen and oxygen atoms in total. The van der Waals surface area contributed by atoms with Gasteiger partial charge in [-0.05, 0) is 18.4 Å². The van der Waals surface area contributed by atoms with Gasteiger partial charge in [-0.3, -0.25) is 0 Å². The second-order valence-corrected chi connectivity index (χ2v) is 4.65. The first-order chi connectivity index (χ1) is 6.79. The lowest BCUT2D eigenvalue weighted by Gasteiger charge is -2.27. The summed E-state index contributed by atoms with van der Waals surface area (Å²) in [5.74, 6) is 0. The second kappa shape index (κ2) is 6.44. The zero-order chi connectivity index (χ0) is 10.4. The van der Waals surface area contributed by atoms with Gasteiger partial charge in [0.1, 0.15) is 0 Å². The van der Waals surface area contributed by atoms with Crippen LogP contribution in [0.4, 0.5) is 0 Å². The van der Waals surface area contributed by atoms with Crippen LogP contribution in [0.5, 0.6) is 0 Å². The summed E-state index contributed by atoms with van der Waals surface area (Å²) in [6.07, 6.45) is 3.27. The van der Waals surface area contributed by atoms with Gasteiger partial charge < -0.3 is 4.74 Å². The van der Waals surface area contributed by atoms with Gasteiger partial charge in [0.25, 0.3) is 0 Å². The molecule has 6 heteroatoms. The van der Waals surface area contributed by atoms with Crippen molar-refractivity contribution in [2.45, 2.75) is 31.3 Å². The summed E-state index contributed by atoms with van der Waals surface area (Å²) in [6, 6.07) is 0.276. The lowest BCUT2D eigenvalue weighted by molar-refractivity contribution is 0.134. The largest absolute Gasteiger partial charge is 0.383 e. The van der Waals surface area contributed by atoms with E-state index in [0.717, 1.165) is 19.4 Å². The number of hydrogen-bond acceptors (Lipinski definition) is 3. The van der Waals surface area contributed by atoms with E-state index >= 15 is 0 Å². The average molecular weight is 310 g/mol. The van der Waals surface area contributed by atoms with Crippen LogP contribution in [0.25, 0.3) is 10.4 Å². The lowest BCUT2D eigenvalue weighted by atomic mass is 10.1. The van der Waals surface area contributed by atoms with E-state index in [-0.39, 0.29) is 12.1 Å². The number of halogens is 1. The topological polar surface area (TPSA) is 61.2 Å². The van der Waals surface area contributed by atoms with Gasteiger partial charge in [0.2, 0.25) is 0 Å². The van der Waals surface area contributed by atoms with Crippen LogP contribution in [0.2, 0.25) is 0 Å². The highest BCUT2D eigenvalue weighted by Crippen LogP contribution is 2.23. The molecule has 2 atom stereocenters. The van der Waals surface area contributed by atoms with Crippen molar-refractivity contribution in [3.8, 4) is 0 Å². The maximum atomic E-state index is 8.48. The summed E-state index contributed by atoms with van der Waals surface area (Å²) in [5, 5.41) is 3.85. The Morgan fingerprint density at radius 1 is 1.64 bits per heavy atom. The van der Waals surface area contributed by atoms with Gasteiger partial charge >= 0.3 is 0 Å². The molecule has 0 N–H and O–H groups in total. The highest BCUT2D eigenvalue weighted by atomic mass is 127. The van der Waals surface area contributed by atoms with Gasteiger partial charge in [-0.2, -0.15) is 0 Å². The molecule has 1 saturated heterocycles. The fourth-order valence-electron chi connectivity index (χ4n) is 1.72. The molecule has 0 aromatic rings. The molecule has 0 aliphatic carbocycles. The Hall–Kier alpha value is -0.0400. The van der Waals surface area contributed by atoms with E-state index in [1.54, 1.807) is 7.11 Å². The summed E-state index contributed by atoms with van der Waals surface area (Å²) >= 11 is 2.29. The van der Waals surface area contributed by atoms with Crippen LogP contribution in [0.15, 0.2) is 5.11 Å². The van der Waals surface area contributed by atoms with Gasteiger partial charge in [0, 0.05) is 41.4 Å². The summed E-state index contributed by atoms with van der Waals surface area (Å²) in [5.41, 5.74) is 8.48. The minimum atomic E-state index is 0.0550. The Morgan fingerprint density at radius 3 is 3.07 bits per heavy atom. The van der Waals surface area contributed by atoms with Gasteiger partial charge in [0.15, 0.2) is 0 Å². The smallest absolute Gasteiger partial charge is 0.0630 e. The highest BCUT2D eigenvalue weighted by Gasteiger charge is 2.27. The second-order valence-electron chi connectivity index (χ2n) is 3.41. The molecule has 1 heterocycles. The third kappa shape index (κ3) is 3.27. The SMILES string of the molecule is COCC1C(N=[N+]=[N-])CCCCN1I. The third-order valence-corrected chi connectivity index (χ3v) is 3.66. The predicted octanol–water partition coefficient (Wildman–Crippen LogP) is 2.52. The van der Waals surface area contributed by atoms with E-state index in [2.05, 4.69) is 36.0 Å². The Balaban J connectivity index is 2.69. The number of nitrogens with zero attached hydrogens (tertiary/aromatic N) is 4. The van der Waals surface area contributed by atoms with Gasteiger partial charge in [-0.1, -0.05) is 11.5 Å². The number of ether oxygens (including phenoxy) is 1. The zero-order valence-electron chi connectivity index (χ0n) is 8.27. The monoisotopic (exact) mass is 310 g/mol. The average Bonchev–Trinajstić information content (AvgIpc) is 2.33. The molecule has 0 radical (unpaired) electrons. The zero-order valence-corrected chi connectivity index (χ0v) is 10.4. The number of rotatable bonds is 3. The van der Waals surface area contributed by atoms with Crippen LogP contribution in [0.3, 0.4) is 0 Å². The number of azide groups is 1. The molecule has 0 aromatic heterocycles. The van der Waals surface area contributed by atoms with Crippen LogP contribution >= 0.6 is 22.9 Å². The summed E-state index contributed by atoms with van der Waals surface area (Å²) in [7, 11) is 1.68. The minimum Gasteiger partial charge on any atom is -0.383 e. The first-order valence-corrected chi connectivity index (χ1v) is 5.71. The fraction of sp³-hybridized carbons (Fsp3) is 1.00. The third-order valence-electron chi connectivity index (χ3n) is 2.46. The van der Waals surface area contributed by atoms with Crippen molar-refractivity contribution in [1.82, 2.24) is 3.11 Å². The standard InChI is InChI=1S/C8H15IN4O/c1-14-6-8-7(11-12-10)4-2-3-5-13(8)9/h7-8H,2-6H2,1H3. The van der Waals surface area contributed by atoms with E-state index in [9.17, 15) is 0 Å². The molecular weight excluding hydrogens is 295 g/mol. The van der Waals surface area contributed by atoms with Crippen molar-refractivity contribution in [3.05, 3.63) is 10.4 Å². The molecule has 80 valence electrons. The molecule has 2 unspecified atom stereocenters. The van der Waals surface area contributed by atoms with Crippen molar-refractivity contribution in [2.24, 2.45) is 5.11 Å². The van der Waals surface area contributed by atoms with Gasteiger partial charge in [0.05, 0.1) is 18.7 Å². The Kier molecular flexibility index (Phi) is 5.54. The normalized spacial score (nSPS) is 29.3. The molecule has 1 aliphatic heterocycles. The maximum Gasteiger partial charge on any atom is 0.0630 e. The Bertz CT molecular complexity index is 219. The van der Waals surface area contributed by atoms with Crippen LogP contribution in [-0.2, 0) is 4.74 Å². The molecule has 0 amide bonds. The summed E-state index contributed by atoms with van der Waals surface area (Å²) in [6.45, 7) is 1.68. The quantitative estimate of drug-likeness (QED) is 0.264. The first kappa shape index (κ1) is 12.0. The molecule has 1 rings (SSSR count). The van der Waals surface area contributed by atoms with Crippen molar-refractivity contribution in [3.63, 3.8) is 0 Å². The summed E-state index contributed by atoms with van der Waals surface area (Å²) in [4.78, 5) is 2.91. The summed E-state index contributed by atoms with van der Waals surface area (Å²) < 4.78 is 7.36. The molecule has 0 saturated carbocycles. The van der Waals surface area contributed by atoms with E-state index in [4.69, 9.17) is 10.3 Å². The van der Waals surface area contributed by atoms with Crippen molar-refractivity contribution < 1.29 is 4.74 Å². The van der Waals surface area contributed by atoms with E-state index < -0.39 is 0 Å². The number of hydrogen-bond donors (Lipinski definition) is 0. The lowest BCUT2D eigenvalue weighted by Crippen LogP contribution is -2.38. The van der Waals surface area contributed by atoms with E-state index in [1.807, 2.05) is 0 Å². The molecule has 1 aliphatic rings. The Morgan fingerprint density at radius 2 is 2.43 bits per heavy atom. The van der Waals surface area contributed by atoms with Crippen molar-refractivity contribution in [2.75, 3.05) is 20.3 Å². The molecule has 0 aromatic carbocycles. The molecule has 0 spiro atoms. The fourth-order valence-corrected chi connectivity index (χ4v) is 2.60. The van der Waals surface area contributed by atoms with Crippen LogP contribution in [0.1, 0.15) is 19.3 Å². The van der Waals surface area contributed by atoms with Crippen LogP contribution in [-0.4, -0.2) is 35.5 Å². The Labute approximate surface area is 97.9 Å². The predicted molar refractivity (Wildman–Crippen MR) is 63.2 cm³/mol. The van der Waals surface area contributed by atoms with Crippen molar-refractivity contribution in [1.29, 1.82) is 0 Å². The molecule has 0 bridgehead atoms. The van der Waals surface area contributed by atoms with Crippen molar-refractivity contribution >= 4 is 22.9 Å².